The number of nitrogens with one attached hydrogen (secondary N) is 1. The molecule has 0 aliphatic carbocycles. The maximum absolute atomic E-state index is 13.1. The monoisotopic (exact) mass is 248 g/mol. The van der Waals surface area contributed by atoms with E-state index in [0.29, 0.717) is 17.9 Å². The Labute approximate surface area is 102 Å². The van der Waals surface area contributed by atoms with Crippen molar-refractivity contribution in [1.82, 2.24) is 9.97 Å². The van der Waals surface area contributed by atoms with Crippen LogP contribution in [0.25, 0.3) is 0 Å². The molecule has 0 unspecified atom stereocenters. The number of nitro benzene ring substituents is 1. The maximum atomic E-state index is 13.1. The molecule has 92 valence electrons. The lowest BCUT2D eigenvalue weighted by Gasteiger charge is -2.05. The summed E-state index contributed by atoms with van der Waals surface area (Å²) >= 11 is 0. The Morgan fingerprint density at radius 1 is 1.33 bits per heavy atom. The lowest BCUT2D eigenvalue weighted by molar-refractivity contribution is -0.385. The van der Waals surface area contributed by atoms with Crippen LogP contribution in [0, 0.1) is 15.9 Å². The van der Waals surface area contributed by atoms with Crippen molar-refractivity contribution >= 4 is 11.4 Å². The molecule has 0 saturated heterocycles. The summed E-state index contributed by atoms with van der Waals surface area (Å²) in [6, 6.07) is 3.32. The second-order valence-electron chi connectivity index (χ2n) is 3.51. The third-order valence-electron chi connectivity index (χ3n) is 2.18. The van der Waals surface area contributed by atoms with Gasteiger partial charge < -0.3 is 5.32 Å². The first-order chi connectivity index (χ1) is 8.65. The van der Waals surface area contributed by atoms with E-state index >= 15 is 0 Å². The molecule has 0 fully saturated rings. The number of non-ortho nitro benzene ring substituents is 1. The number of nitrogens with zero attached hydrogens (tertiary/aromatic N) is 3. The van der Waals surface area contributed by atoms with Crippen LogP contribution in [0.1, 0.15) is 5.69 Å². The van der Waals surface area contributed by atoms with Crippen molar-refractivity contribution in [3.63, 3.8) is 0 Å². The fourth-order valence-electron chi connectivity index (χ4n) is 1.40. The molecule has 0 atom stereocenters. The van der Waals surface area contributed by atoms with Crippen LogP contribution in [0.4, 0.5) is 15.8 Å². The van der Waals surface area contributed by atoms with Gasteiger partial charge in [-0.3, -0.25) is 20.1 Å². The minimum absolute atomic E-state index is 0.295. The van der Waals surface area contributed by atoms with Crippen molar-refractivity contribution in [3.8, 4) is 0 Å². The number of aromatic nitrogens is 2. The highest BCUT2D eigenvalue weighted by molar-refractivity contribution is 5.51. The first kappa shape index (κ1) is 11.9. The second-order valence-corrected chi connectivity index (χ2v) is 3.51. The number of hydrogen-bond donors (Lipinski definition) is 1. The molecule has 2 rings (SSSR count). The Balaban J connectivity index is 2.12. The summed E-state index contributed by atoms with van der Waals surface area (Å²) < 4.78 is 13.1. The van der Waals surface area contributed by atoms with Gasteiger partial charge in [0.2, 0.25) is 0 Å². The van der Waals surface area contributed by atoms with Crippen LogP contribution in [-0.2, 0) is 6.54 Å². The fourth-order valence-corrected chi connectivity index (χ4v) is 1.40. The Hall–Kier alpha value is -2.57. The molecule has 2 aromatic rings. The highest BCUT2D eigenvalue weighted by atomic mass is 19.1. The Morgan fingerprint density at radius 2 is 2.17 bits per heavy atom. The van der Waals surface area contributed by atoms with Gasteiger partial charge in [-0.15, -0.1) is 0 Å². The number of benzene rings is 1. The van der Waals surface area contributed by atoms with Gasteiger partial charge in [0.25, 0.3) is 5.69 Å². The molecular formula is C11H9FN4O2. The van der Waals surface area contributed by atoms with Gasteiger partial charge in [0.15, 0.2) is 0 Å². The van der Waals surface area contributed by atoms with Gasteiger partial charge in [-0.05, 0) is 6.07 Å². The Bertz CT molecular complexity index is 562. The van der Waals surface area contributed by atoms with Gasteiger partial charge in [0, 0.05) is 24.1 Å². The van der Waals surface area contributed by atoms with Gasteiger partial charge in [-0.1, -0.05) is 0 Å². The van der Waals surface area contributed by atoms with Crippen LogP contribution in [0.3, 0.4) is 0 Å². The standard InChI is InChI=1S/C11H9FN4O2/c12-8-3-9(5-11(4-8)16(17)18)15-7-10-6-13-1-2-14-10/h1-6,15H,7H2. The summed E-state index contributed by atoms with van der Waals surface area (Å²) in [4.78, 5) is 17.8. The van der Waals surface area contributed by atoms with Gasteiger partial charge >= 0.3 is 0 Å². The van der Waals surface area contributed by atoms with Crippen LogP contribution in [-0.4, -0.2) is 14.9 Å². The Kier molecular flexibility index (Phi) is 3.42. The van der Waals surface area contributed by atoms with E-state index in [4.69, 9.17) is 0 Å². The molecule has 7 heteroatoms. The van der Waals surface area contributed by atoms with E-state index in [1.807, 2.05) is 0 Å². The van der Waals surface area contributed by atoms with Crippen LogP contribution < -0.4 is 5.32 Å². The molecular weight excluding hydrogens is 239 g/mol. The second kappa shape index (κ2) is 5.17. The normalized spacial score (nSPS) is 10.1. The van der Waals surface area contributed by atoms with Crippen molar-refractivity contribution in [2.75, 3.05) is 5.32 Å². The summed E-state index contributed by atoms with van der Waals surface area (Å²) in [5.74, 6) is -0.661. The zero-order valence-electron chi connectivity index (χ0n) is 9.21. The van der Waals surface area contributed by atoms with E-state index in [2.05, 4.69) is 15.3 Å². The first-order valence-electron chi connectivity index (χ1n) is 5.09. The zero-order valence-corrected chi connectivity index (χ0v) is 9.21. The number of halogens is 1. The minimum atomic E-state index is -0.661. The molecule has 0 radical (unpaired) electrons. The molecule has 18 heavy (non-hydrogen) atoms. The van der Waals surface area contributed by atoms with Crippen molar-refractivity contribution in [2.45, 2.75) is 6.54 Å². The van der Waals surface area contributed by atoms with E-state index in [1.165, 1.54) is 24.5 Å². The predicted octanol–water partition coefficient (Wildman–Crippen LogP) is 2.14. The Morgan fingerprint density at radius 3 is 2.83 bits per heavy atom. The average Bonchev–Trinajstić information content (AvgIpc) is 2.37. The molecule has 0 bridgehead atoms. The molecule has 1 N–H and O–H groups in total. The number of hydrogen-bond acceptors (Lipinski definition) is 5. The van der Waals surface area contributed by atoms with Crippen molar-refractivity contribution in [1.29, 1.82) is 0 Å². The van der Waals surface area contributed by atoms with Crippen LogP contribution in [0.5, 0.6) is 0 Å². The van der Waals surface area contributed by atoms with Crippen LogP contribution in [0.15, 0.2) is 36.8 Å². The van der Waals surface area contributed by atoms with Crippen molar-refractivity contribution in [2.24, 2.45) is 0 Å². The summed E-state index contributed by atoms with van der Waals surface area (Å²) in [6.07, 6.45) is 4.63. The summed E-state index contributed by atoms with van der Waals surface area (Å²) in [5.41, 5.74) is 0.688. The summed E-state index contributed by atoms with van der Waals surface area (Å²) in [7, 11) is 0. The molecule has 1 aromatic heterocycles. The fraction of sp³-hybridized carbons (Fsp3) is 0.0909. The van der Waals surface area contributed by atoms with Crippen molar-refractivity contribution < 1.29 is 9.31 Å². The molecule has 0 saturated carbocycles. The van der Waals surface area contributed by atoms with Gasteiger partial charge in [0.05, 0.1) is 29.4 Å². The molecule has 0 aliphatic heterocycles. The lowest BCUT2D eigenvalue weighted by atomic mass is 10.2. The highest BCUT2D eigenvalue weighted by Gasteiger charge is 2.09. The SMILES string of the molecule is O=[N+]([O-])c1cc(F)cc(NCc2cnccn2)c1. The van der Waals surface area contributed by atoms with E-state index in [0.717, 1.165) is 6.07 Å². The average molecular weight is 248 g/mol. The third-order valence-corrected chi connectivity index (χ3v) is 2.18. The van der Waals surface area contributed by atoms with Crippen LogP contribution in [0.2, 0.25) is 0 Å². The zero-order chi connectivity index (χ0) is 13.0. The van der Waals surface area contributed by atoms with Crippen molar-refractivity contribution in [3.05, 3.63) is 58.4 Å². The minimum Gasteiger partial charge on any atom is -0.379 e. The molecule has 6 nitrogen and oxygen atoms in total. The smallest absolute Gasteiger partial charge is 0.274 e. The maximum Gasteiger partial charge on any atom is 0.274 e. The first-order valence-corrected chi connectivity index (χ1v) is 5.09. The molecule has 0 amide bonds. The molecule has 0 aliphatic rings. The summed E-state index contributed by atoms with van der Waals surface area (Å²) in [5, 5.41) is 13.4. The van der Waals surface area contributed by atoms with E-state index in [-0.39, 0.29) is 5.69 Å². The topological polar surface area (TPSA) is 81.0 Å². The quantitative estimate of drug-likeness (QED) is 0.662. The van der Waals surface area contributed by atoms with Gasteiger partial charge in [-0.25, -0.2) is 4.39 Å². The van der Waals surface area contributed by atoms with E-state index in [9.17, 15) is 14.5 Å². The number of anilines is 1. The largest absolute Gasteiger partial charge is 0.379 e. The molecule has 0 spiro atoms. The van der Waals surface area contributed by atoms with Crippen LogP contribution >= 0.6 is 0 Å². The van der Waals surface area contributed by atoms with E-state index < -0.39 is 10.7 Å². The number of nitro groups is 1. The highest BCUT2D eigenvalue weighted by Crippen LogP contribution is 2.20. The van der Waals surface area contributed by atoms with Gasteiger partial charge in [0.1, 0.15) is 5.82 Å². The van der Waals surface area contributed by atoms with Gasteiger partial charge in [-0.2, -0.15) is 0 Å². The predicted molar refractivity (Wildman–Crippen MR) is 62.4 cm³/mol. The van der Waals surface area contributed by atoms with E-state index in [1.54, 1.807) is 6.20 Å². The third kappa shape index (κ3) is 2.97. The number of rotatable bonds is 4. The molecule has 1 aromatic carbocycles. The summed E-state index contributed by atoms with van der Waals surface area (Å²) in [6.45, 7) is 0.314. The molecule has 1 heterocycles. The lowest BCUT2D eigenvalue weighted by Crippen LogP contribution is -2.02.